The van der Waals surface area contributed by atoms with Gasteiger partial charge in [0.05, 0.1) is 0 Å². The van der Waals surface area contributed by atoms with Crippen molar-refractivity contribution in [2.24, 2.45) is 5.10 Å². The maximum absolute atomic E-state index is 9.82. The number of para-hydroxylation sites is 2. The summed E-state index contributed by atoms with van der Waals surface area (Å²) in [6, 6.07) is 45.2. The summed E-state index contributed by atoms with van der Waals surface area (Å²) in [6.07, 6.45) is 27.1. The number of amidine groups is 1. The normalized spacial score (nSPS) is 24.1. The molecule has 2 atom stereocenters. The van der Waals surface area contributed by atoms with E-state index in [1.54, 1.807) is 0 Å². The van der Waals surface area contributed by atoms with Crippen LogP contribution in [0.25, 0.3) is 0 Å². The maximum atomic E-state index is 9.82. The number of rotatable bonds is 10. The van der Waals surface area contributed by atoms with E-state index in [2.05, 4.69) is 137 Å². The third kappa shape index (κ3) is 7.29. The minimum absolute atomic E-state index is 0.0359. The van der Waals surface area contributed by atoms with E-state index in [9.17, 15) is 11.2 Å². The first-order chi connectivity index (χ1) is 28.2. The second kappa shape index (κ2) is 17.8. The van der Waals surface area contributed by atoms with Crippen LogP contribution in [0.4, 0.5) is 11.4 Å². The molecule has 0 amide bonds. The van der Waals surface area contributed by atoms with Crippen LogP contribution < -0.4 is 9.91 Å². The van der Waals surface area contributed by atoms with E-state index in [0.29, 0.717) is 0 Å². The zero-order chi connectivity index (χ0) is 38.5. The van der Waals surface area contributed by atoms with Gasteiger partial charge in [0.1, 0.15) is 0 Å². The molecule has 4 aliphatic carbocycles. The predicted molar refractivity (Wildman–Crippen MR) is 254 cm³/mol. The van der Waals surface area contributed by atoms with Gasteiger partial charge in [-0.05, 0) is 0 Å². The number of hydrogen-bond donors (Lipinski definition) is 0. The van der Waals surface area contributed by atoms with E-state index >= 15 is 0 Å². The summed E-state index contributed by atoms with van der Waals surface area (Å²) in [5.41, 5.74) is 7.37. The Labute approximate surface area is 349 Å². The molecule has 0 radical (unpaired) electrons. The van der Waals surface area contributed by atoms with Crippen LogP contribution in [-0.2, 0) is 0 Å². The van der Waals surface area contributed by atoms with Gasteiger partial charge in [0.15, 0.2) is 0 Å². The first-order valence-corrected chi connectivity index (χ1v) is 28.8. The number of anilines is 2. The van der Waals surface area contributed by atoms with Gasteiger partial charge in [0, 0.05) is 0 Å². The van der Waals surface area contributed by atoms with Crippen LogP contribution in [-0.4, -0.2) is 39.9 Å². The van der Waals surface area contributed by atoms with Crippen molar-refractivity contribution in [1.82, 2.24) is 0 Å². The van der Waals surface area contributed by atoms with E-state index in [1.807, 2.05) is 0 Å². The fourth-order valence-electron chi connectivity index (χ4n) is 13.1. The van der Waals surface area contributed by atoms with Crippen LogP contribution in [0.15, 0.2) is 126 Å². The summed E-state index contributed by atoms with van der Waals surface area (Å²) < 4.78 is 0. The molecule has 0 bridgehead atoms. The molecule has 2 unspecified atom stereocenters. The predicted octanol–water partition coefficient (Wildman–Crippen LogP) is 15.1. The van der Waals surface area contributed by atoms with Crippen LogP contribution >= 0.6 is 24.1 Å². The van der Waals surface area contributed by atoms with Crippen molar-refractivity contribution >= 4 is 47.1 Å². The summed E-state index contributed by atoms with van der Waals surface area (Å²) in [5, 5.41) is 8.22. The Morgan fingerprint density at radius 1 is 0.526 bits per heavy atom. The molecular formula is C51H66ClN3P2. The third-order valence-corrected chi connectivity index (χ3v) is 37.1. The van der Waals surface area contributed by atoms with Crippen LogP contribution in [0.5, 0.6) is 0 Å². The monoisotopic (exact) mass is 817 g/mol. The first kappa shape index (κ1) is 39.6. The molecule has 1 aliphatic heterocycles. The molecule has 9 rings (SSSR count). The molecule has 6 heteroatoms. The van der Waals surface area contributed by atoms with Gasteiger partial charge in [-0.25, -0.2) is 0 Å². The van der Waals surface area contributed by atoms with Gasteiger partial charge in [-0.2, -0.15) is 0 Å². The van der Waals surface area contributed by atoms with E-state index < -0.39 is 12.9 Å². The molecule has 5 aliphatic rings. The molecule has 0 aromatic heterocycles. The van der Waals surface area contributed by atoms with Gasteiger partial charge >= 0.3 is 351 Å². The molecule has 0 spiro atoms. The van der Waals surface area contributed by atoms with Gasteiger partial charge in [-0.1, -0.05) is 0 Å². The Bertz CT molecular complexity index is 1920. The van der Waals surface area contributed by atoms with Crippen molar-refractivity contribution in [1.29, 1.82) is 0 Å². The summed E-state index contributed by atoms with van der Waals surface area (Å²) in [4.78, 5) is 2.71. The van der Waals surface area contributed by atoms with Crippen molar-refractivity contribution in [3.63, 3.8) is 0 Å². The van der Waals surface area contributed by atoms with Gasteiger partial charge in [0.2, 0.25) is 0 Å². The van der Waals surface area contributed by atoms with Gasteiger partial charge in [0.25, 0.3) is 0 Å². The van der Waals surface area contributed by atoms with E-state index in [0.717, 1.165) is 22.8 Å². The number of benzene rings is 4. The quantitative estimate of drug-likeness (QED) is 0.148. The molecule has 0 N–H and O–H groups in total. The average molecular weight is 819 g/mol. The van der Waals surface area contributed by atoms with Crippen molar-refractivity contribution in [2.45, 2.75) is 157 Å². The van der Waals surface area contributed by atoms with Crippen molar-refractivity contribution < 1.29 is 0 Å². The SMILES string of the molecule is ClP(=Cc1ccccc1)(C1(C2N(c3ccccc3)N=C(c3ccccc3)N2c2ccccc2)CCCCC1)[PH](C1CCCCC1)(C1CCCCC1)C1CCCCC1. The molecule has 1 heterocycles. The van der Waals surface area contributed by atoms with Crippen LogP contribution in [0.2, 0.25) is 0 Å². The summed E-state index contributed by atoms with van der Waals surface area (Å²) in [6.45, 7) is -2.40. The molecule has 302 valence electrons. The van der Waals surface area contributed by atoms with Crippen LogP contribution in [0, 0.1) is 0 Å². The van der Waals surface area contributed by atoms with Gasteiger partial charge < -0.3 is 0 Å². The topological polar surface area (TPSA) is 18.8 Å². The fraction of sp³-hybridized carbons (Fsp3) is 0.490. The Balaban J connectivity index is 1.39. The van der Waals surface area contributed by atoms with Crippen molar-refractivity contribution in [3.05, 3.63) is 132 Å². The Morgan fingerprint density at radius 3 is 1.44 bits per heavy atom. The second-order valence-corrected chi connectivity index (χ2v) is 31.8. The number of nitrogens with zero attached hydrogens (tertiary/aromatic N) is 3. The summed E-state index contributed by atoms with van der Waals surface area (Å²) >= 11 is 9.82. The molecule has 4 aromatic carbocycles. The average Bonchev–Trinajstić information content (AvgIpc) is 3.71. The molecule has 4 fully saturated rings. The molecular weight excluding hydrogens is 752 g/mol. The Hall–Kier alpha value is -2.83. The summed E-state index contributed by atoms with van der Waals surface area (Å²) in [5.74, 6) is 1.46. The van der Waals surface area contributed by atoms with Crippen molar-refractivity contribution in [2.75, 3.05) is 9.91 Å². The number of hydrazone groups is 1. The third-order valence-electron chi connectivity index (χ3n) is 15.3. The number of halogens is 1. The zero-order valence-electron chi connectivity index (χ0n) is 34.2. The first-order valence-electron chi connectivity index (χ1n) is 23.0. The molecule has 0 saturated heterocycles. The van der Waals surface area contributed by atoms with E-state index in [1.165, 1.54) is 151 Å². The fourth-order valence-corrected chi connectivity index (χ4v) is 40.4. The molecule has 4 aromatic rings. The van der Waals surface area contributed by atoms with Crippen LogP contribution in [0.3, 0.4) is 0 Å². The minimum atomic E-state index is -2.50. The Kier molecular flexibility index (Phi) is 12.4. The summed E-state index contributed by atoms with van der Waals surface area (Å²) in [7, 11) is 0. The van der Waals surface area contributed by atoms with Crippen molar-refractivity contribution in [3.8, 4) is 0 Å². The second-order valence-electron chi connectivity index (χ2n) is 18.3. The molecule has 3 nitrogen and oxygen atoms in total. The molecule has 57 heavy (non-hydrogen) atoms. The molecule has 4 saturated carbocycles. The Morgan fingerprint density at radius 2 is 0.947 bits per heavy atom. The van der Waals surface area contributed by atoms with Gasteiger partial charge in [-0.15, -0.1) is 0 Å². The van der Waals surface area contributed by atoms with Gasteiger partial charge in [-0.3, -0.25) is 0 Å². The zero-order valence-corrected chi connectivity index (χ0v) is 36.9. The number of hydrogen-bond acceptors (Lipinski definition) is 3. The van der Waals surface area contributed by atoms with E-state index in [-0.39, 0.29) is 11.3 Å². The van der Waals surface area contributed by atoms with Crippen LogP contribution in [0.1, 0.15) is 140 Å². The standard InChI is InChI=1S/C51H66ClN3P2/c52-56(41-42-25-9-1-10-26-42,57(46-33-17-5-18-34-46,47-35-19-6-20-36-47)48-37-21-7-22-38-48)51(39-23-8-24-40-51)50-54(44-29-13-3-14-30-44)49(43-27-11-2-12-28-43)53-55(50)45-31-15-4-16-32-45/h1-4,9-16,25-32,41,46-48,50,57H,5-8,17-24,33-40H2. The van der Waals surface area contributed by atoms with E-state index in [4.69, 9.17) is 5.10 Å².